The second-order valence-electron chi connectivity index (χ2n) is 9.27. The number of nitrogens with one attached hydrogen (secondary N) is 1. The van der Waals surface area contributed by atoms with Crippen molar-refractivity contribution in [2.45, 2.75) is 45.2 Å². The number of nitrogens with zero attached hydrogens (tertiary/aromatic N) is 5. The van der Waals surface area contributed by atoms with Crippen molar-refractivity contribution in [2.75, 3.05) is 29.9 Å². The van der Waals surface area contributed by atoms with Gasteiger partial charge < -0.3 is 19.9 Å². The summed E-state index contributed by atoms with van der Waals surface area (Å²) in [5.41, 5.74) is 2.15. The quantitative estimate of drug-likeness (QED) is 0.501. The summed E-state index contributed by atoms with van der Waals surface area (Å²) < 4.78 is 21.1. The number of ether oxygens (including phenoxy) is 1. The summed E-state index contributed by atoms with van der Waals surface area (Å²) in [6, 6.07) is 10.1. The van der Waals surface area contributed by atoms with Gasteiger partial charge in [-0.1, -0.05) is 11.6 Å². The molecule has 11 heteroatoms. The molecule has 9 nitrogen and oxygen atoms in total. The Labute approximate surface area is 219 Å². The Hall–Kier alpha value is -3.66. The number of carbonyl (C=O) groups is 2. The third kappa shape index (κ3) is 5.24. The van der Waals surface area contributed by atoms with Gasteiger partial charge in [-0.2, -0.15) is 5.10 Å². The topological polar surface area (TPSA) is 92.6 Å². The number of rotatable bonds is 7. The average molecular weight is 527 g/mol. The van der Waals surface area contributed by atoms with E-state index in [2.05, 4.69) is 20.3 Å². The fourth-order valence-corrected chi connectivity index (χ4v) is 5.32. The zero-order chi connectivity index (χ0) is 26.1. The van der Waals surface area contributed by atoms with Crippen LogP contribution in [0.25, 0.3) is 5.69 Å². The molecule has 0 spiro atoms. The molecule has 2 aromatic carbocycles. The van der Waals surface area contributed by atoms with Gasteiger partial charge in [-0.3, -0.25) is 9.59 Å². The number of anilines is 2. The molecule has 2 atom stereocenters. The highest BCUT2D eigenvalue weighted by molar-refractivity contribution is 6.31. The number of fused-ring (bicyclic) bond motifs is 2. The highest BCUT2D eigenvalue weighted by Gasteiger charge is 2.41. The van der Waals surface area contributed by atoms with Gasteiger partial charge in [-0.05, 0) is 57.0 Å². The number of amides is 2. The highest BCUT2D eigenvalue weighted by atomic mass is 35.5. The Morgan fingerprint density at radius 3 is 2.76 bits per heavy atom. The Morgan fingerprint density at radius 1 is 1.22 bits per heavy atom. The predicted octanol–water partition coefficient (Wildman–Crippen LogP) is 3.98. The van der Waals surface area contributed by atoms with Gasteiger partial charge in [0.2, 0.25) is 11.8 Å². The lowest BCUT2D eigenvalue weighted by molar-refractivity contribution is -0.134. The van der Waals surface area contributed by atoms with Gasteiger partial charge >= 0.3 is 0 Å². The van der Waals surface area contributed by atoms with Crippen LogP contribution in [0.15, 0.2) is 42.7 Å². The SMILES string of the molecule is CCOc1cc(N2C3CCC2CN(CC(=O)Nc2ccc(F)c(Cl)c2)C(=O)C3)ccc1-n1cnc(C)n1. The molecule has 0 radical (unpaired) electrons. The summed E-state index contributed by atoms with van der Waals surface area (Å²) in [5, 5.41) is 7.03. The maximum absolute atomic E-state index is 13.4. The molecule has 3 aromatic rings. The van der Waals surface area contributed by atoms with Gasteiger partial charge in [0.05, 0.1) is 18.2 Å². The first-order valence-corrected chi connectivity index (χ1v) is 12.7. The Balaban J connectivity index is 1.33. The van der Waals surface area contributed by atoms with E-state index in [4.69, 9.17) is 16.3 Å². The van der Waals surface area contributed by atoms with Crippen LogP contribution in [0.4, 0.5) is 15.8 Å². The second kappa shape index (κ2) is 10.4. The van der Waals surface area contributed by atoms with Crippen LogP contribution in [0, 0.1) is 12.7 Å². The third-order valence-electron chi connectivity index (χ3n) is 6.75. The van der Waals surface area contributed by atoms with E-state index < -0.39 is 5.82 Å². The first-order chi connectivity index (χ1) is 17.8. The lowest BCUT2D eigenvalue weighted by Gasteiger charge is -2.31. The van der Waals surface area contributed by atoms with Gasteiger partial charge in [0.1, 0.15) is 29.4 Å². The summed E-state index contributed by atoms with van der Waals surface area (Å²) >= 11 is 5.81. The van der Waals surface area contributed by atoms with E-state index in [1.54, 1.807) is 15.9 Å². The van der Waals surface area contributed by atoms with Crippen molar-refractivity contribution in [1.82, 2.24) is 19.7 Å². The molecule has 2 unspecified atom stereocenters. The molecule has 3 heterocycles. The van der Waals surface area contributed by atoms with Crippen LogP contribution < -0.4 is 15.0 Å². The van der Waals surface area contributed by atoms with Crippen molar-refractivity contribution in [1.29, 1.82) is 0 Å². The van der Waals surface area contributed by atoms with Crippen LogP contribution >= 0.6 is 11.6 Å². The third-order valence-corrected chi connectivity index (χ3v) is 7.04. The molecule has 2 aliphatic rings. The first-order valence-electron chi connectivity index (χ1n) is 12.3. The van der Waals surface area contributed by atoms with Crippen molar-refractivity contribution in [3.05, 3.63) is 59.4 Å². The van der Waals surface area contributed by atoms with E-state index in [9.17, 15) is 14.0 Å². The minimum Gasteiger partial charge on any atom is -0.492 e. The standard InChI is InChI=1S/C26H28ClFN6O3/c1-3-37-24-11-18(7-9-23(24)33-15-29-16(2)31-33)34-19-5-6-20(34)13-32(26(36)12-19)14-25(35)30-17-4-8-22(28)21(27)10-17/h4,7-11,15,19-20H,3,5-6,12-14H2,1-2H3,(H,30,35). The molecule has 2 saturated heterocycles. The summed E-state index contributed by atoms with van der Waals surface area (Å²) in [6.07, 6.45) is 3.79. The number of hydrogen-bond donors (Lipinski definition) is 1. The molecule has 2 fully saturated rings. The molecular formula is C26H28ClFN6O3. The van der Waals surface area contributed by atoms with Crippen LogP contribution in [-0.2, 0) is 9.59 Å². The molecule has 0 saturated carbocycles. The zero-order valence-corrected chi connectivity index (χ0v) is 21.4. The minimum absolute atomic E-state index is 0.0374. The molecule has 0 aliphatic carbocycles. The summed E-state index contributed by atoms with van der Waals surface area (Å²) in [7, 11) is 0. The molecule has 194 valence electrons. The van der Waals surface area contributed by atoms with E-state index in [1.807, 2.05) is 32.0 Å². The first kappa shape index (κ1) is 25.0. The van der Waals surface area contributed by atoms with E-state index >= 15 is 0 Å². The van der Waals surface area contributed by atoms with Crippen LogP contribution in [-0.4, -0.2) is 63.3 Å². The number of hydrogen-bond acceptors (Lipinski definition) is 6. The largest absolute Gasteiger partial charge is 0.492 e. The van der Waals surface area contributed by atoms with Gasteiger partial charge in [0, 0.05) is 42.5 Å². The smallest absolute Gasteiger partial charge is 0.243 e. The van der Waals surface area contributed by atoms with Crippen LogP contribution in [0.3, 0.4) is 0 Å². The number of aromatic nitrogens is 3. The van der Waals surface area contributed by atoms with E-state index in [0.717, 1.165) is 24.2 Å². The molecule has 2 amide bonds. The van der Waals surface area contributed by atoms with Crippen molar-refractivity contribution in [3.8, 4) is 11.4 Å². The summed E-state index contributed by atoms with van der Waals surface area (Å²) in [4.78, 5) is 33.9. The fourth-order valence-electron chi connectivity index (χ4n) is 5.14. The van der Waals surface area contributed by atoms with E-state index in [0.29, 0.717) is 36.8 Å². The van der Waals surface area contributed by atoms with E-state index in [-0.39, 0.29) is 35.5 Å². The second-order valence-corrected chi connectivity index (χ2v) is 9.68. The van der Waals surface area contributed by atoms with Gasteiger partial charge in [0.15, 0.2) is 0 Å². The van der Waals surface area contributed by atoms with Crippen molar-refractivity contribution < 1.29 is 18.7 Å². The van der Waals surface area contributed by atoms with Crippen molar-refractivity contribution in [2.24, 2.45) is 0 Å². The predicted molar refractivity (Wildman–Crippen MR) is 138 cm³/mol. The van der Waals surface area contributed by atoms with Crippen LogP contribution in [0.2, 0.25) is 5.02 Å². The van der Waals surface area contributed by atoms with Gasteiger partial charge in [-0.25, -0.2) is 14.1 Å². The van der Waals surface area contributed by atoms with Crippen molar-refractivity contribution >= 4 is 34.8 Å². The molecule has 37 heavy (non-hydrogen) atoms. The number of halogens is 2. The Kier molecular flexibility index (Phi) is 7.01. The minimum atomic E-state index is -0.560. The molecule has 5 rings (SSSR count). The number of aryl methyl sites for hydroxylation is 1. The fraction of sp³-hybridized carbons (Fsp3) is 0.385. The average Bonchev–Trinajstić information content (AvgIpc) is 3.43. The molecule has 1 N–H and O–H groups in total. The lowest BCUT2D eigenvalue weighted by atomic mass is 10.1. The van der Waals surface area contributed by atoms with Gasteiger partial charge in [-0.15, -0.1) is 0 Å². The maximum atomic E-state index is 13.4. The zero-order valence-electron chi connectivity index (χ0n) is 20.7. The summed E-state index contributed by atoms with van der Waals surface area (Å²) in [6.45, 7) is 4.61. The van der Waals surface area contributed by atoms with Gasteiger partial charge in [0.25, 0.3) is 0 Å². The molecule has 2 bridgehead atoms. The van der Waals surface area contributed by atoms with Crippen LogP contribution in [0.1, 0.15) is 32.0 Å². The van der Waals surface area contributed by atoms with E-state index in [1.165, 1.54) is 18.2 Å². The van der Waals surface area contributed by atoms with Crippen LogP contribution in [0.5, 0.6) is 5.75 Å². The molecule has 2 aliphatic heterocycles. The number of benzene rings is 2. The maximum Gasteiger partial charge on any atom is 0.243 e. The number of likely N-dealkylation sites (tertiary alicyclic amines) is 1. The summed E-state index contributed by atoms with van der Waals surface area (Å²) in [5.74, 6) is 0.377. The van der Waals surface area contributed by atoms with Crippen molar-refractivity contribution in [3.63, 3.8) is 0 Å². The Bertz CT molecular complexity index is 1330. The lowest BCUT2D eigenvalue weighted by Crippen LogP contribution is -2.43. The normalized spacial score (nSPS) is 19.2. The molecular weight excluding hydrogens is 499 g/mol. The Morgan fingerprint density at radius 2 is 2.03 bits per heavy atom. The molecule has 1 aromatic heterocycles. The highest BCUT2D eigenvalue weighted by Crippen LogP contribution is 2.38. The number of carbonyl (C=O) groups excluding carboxylic acids is 2. The monoisotopic (exact) mass is 526 g/mol.